The molecular weight excluding hydrogens is 302 g/mol. The third kappa shape index (κ3) is 4.94. The minimum Gasteiger partial charge on any atom is -0.491 e. The van der Waals surface area contributed by atoms with Crippen LogP contribution in [0.2, 0.25) is 0 Å². The van der Waals surface area contributed by atoms with Crippen LogP contribution in [0.1, 0.15) is 19.3 Å². The van der Waals surface area contributed by atoms with Gasteiger partial charge in [0, 0.05) is 20.1 Å². The van der Waals surface area contributed by atoms with Crippen LogP contribution >= 0.6 is 0 Å². The number of carbonyl (C=O) groups excluding carboxylic acids is 1. The molecule has 1 amide bonds. The first-order valence-corrected chi connectivity index (χ1v) is 7.51. The molecule has 1 saturated heterocycles. The van der Waals surface area contributed by atoms with Crippen LogP contribution in [0.25, 0.3) is 0 Å². The fourth-order valence-electron chi connectivity index (χ4n) is 2.31. The maximum atomic E-state index is 12.2. The zero-order valence-corrected chi connectivity index (χ0v) is 13.0. The Bertz CT molecular complexity index is 547. The number of aliphatic carboxylic acids is 1. The number of benzene rings is 1. The van der Waals surface area contributed by atoms with Gasteiger partial charge in [0.05, 0.1) is 12.3 Å². The second-order valence-electron chi connectivity index (χ2n) is 5.21. The molecule has 0 aromatic heterocycles. The van der Waals surface area contributed by atoms with Crippen molar-refractivity contribution >= 4 is 17.6 Å². The first-order chi connectivity index (χ1) is 11.1. The fourth-order valence-corrected chi connectivity index (χ4v) is 2.31. The van der Waals surface area contributed by atoms with E-state index < -0.39 is 18.2 Å². The summed E-state index contributed by atoms with van der Waals surface area (Å²) < 4.78 is 15.8. The monoisotopic (exact) mass is 323 g/mol. The molecule has 2 N–H and O–H groups in total. The van der Waals surface area contributed by atoms with Crippen molar-refractivity contribution in [2.45, 2.75) is 31.5 Å². The summed E-state index contributed by atoms with van der Waals surface area (Å²) in [6, 6.07) is 7.09. The largest absolute Gasteiger partial charge is 0.491 e. The molecule has 0 bridgehead atoms. The Morgan fingerprint density at radius 2 is 2.00 bits per heavy atom. The zero-order chi connectivity index (χ0) is 16.7. The van der Waals surface area contributed by atoms with Crippen molar-refractivity contribution in [1.29, 1.82) is 0 Å². The molecule has 0 spiro atoms. The Morgan fingerprint density at radius 3 is 2.70 bits per heavy atom. The molecule has 1 heterocycles. The minimum atomic E-state index is -1.04. The molecule has 1 fully saturated rings. The first kappa shape index (κ1) is 17.2. The molecule has 0 unspecified atom stereocenters. The van der Waals surface area contributed by atoms with Crippen molar-refractivity contribution in [2.75, 3.05) is 25.6 Å². The van der Waals surface area contributed by atoms with Gasteiger partial charge in [0.25, 0.3) is 5.91 Å². The smallest absolute Gasteiger partial charge is 0.332 e. The van der Waals surface area contributed by atoms with Crippen molar-refractivity contribution in [3.8, 4) is 5.75 Å². The van der Waals surface area contributed by atoms with E-state index in [0.29, 0.717) is 37.5 Å². The van der Waals surface area contributed by atoms with E-state index in [9.17, 15) is 9.59 Å². The molecule has 1 aromatic rings. The Kier molecular flexibility index (Phi) is 6.37. The Balaban J connectivity index is 1.92. The van der Waals surface area contributed by atoms with Gasteiger partial charge in [-0.1, -0.05) is 12.1 Å². The van der Waals surface area contributed by atoms with Gasteiger partial charge in [-0.2, -0.15) is 0 Å². The van der Waals surface area contributed by atoms with E-state index in [1.165, 1.54) is 0 Å². The van der Waals surface area contributed by atoms with Crippen LogP contribution in [0.4, 0.5) is 5.69 Å². The van der Waals surface area contributed by atoms with Crippen LogP contribution in [0.15, 0.2) is 24.3 Å². The second kappa shape index (κ2) is 8.50. The zero-order valence-electron chi connectivity index (χ0n) is 13.0. The number of rotatable bonds is 8. The summed E-state index contributed by atoms with van der Waals surface area (Å²) in [7, 11) is 1.63. The average Bonchev–Trinajstić information content (AvgIpc) is 3.03. The lowest BCUT2D eigenvalue weighted by atomic mass is 10.2. The summed E-state index contributed by atoms with van der Waals surface area (Å²) in [4.78, 5) is 23.1. The van der Waals surface area contributed by atoms with Gasteiger partial charge in [-0.3, -0.25) is 4.79 Å². The summed E-state index contributed by atoms with van der Waals surface area (Å²) in [5, 5.41) is 11.6. The Hall–Kier alpha value is -2.12. The Morgan fingerprint density at radius 1 is 1.26 bits per heavy atom. The van der Waals surface area contributed by atoms with Crippen LogP contribution in [0, 0.1) is 0 Å². The number of anilines is 1. The Labute approximate surface area is 134 Å². The lowest BCUT2D eigenvalue weighted by Gasteiger charge is -2.15. The first-order valence-electron chi connectivity index (χ1n) is 7.51. The van der Waals surface area contributed by atoms with Gasteiger partial charge >= 0.3 is 5.97 Å². The molecule has 0 saturated carbocycles. The lowest BCUT2D eigenvalue weighted by Crippen LogP contribution is -2.30. The lowest BCUT2D eigenvalue weighted by molar-refractivity contribution is -0.150. The number of carboxylic acids is 1. The van der Waals surface area contributed by atoms with E-state index >= 15 is 0 Å². The van der Waals surface area contributed by atoms with Crippen molar-refractivity contribution in [1.82, 2.24) is 0 Å². The number of methoxy groups -OCH3 is 1. The summed E-state index contributed by atoms with van der Waals surface area (Å²) in [5.41, 5.74) is 0.539. The third-order valence-electron chi connectivity index (χ3n) is 3.48. The summed E-state index contributed by atoms with van der Waals surface area (Å²) >= 11 is 0. The molecule has 7 heteroatoms. The van der Waals surface area contributed by atoms with Crippen molar-refractivity contribution < 1.29 is 28.9 Å². The molecule has 7 nitrogen and oxygen atoms in total. The van der Waals surface area contributed by atoms with Gasteiger partial charge in [0.1, 0.15) is 11.9 Å². The summed E-state index contributed by atoms with van der Waals surface area (Å²) in [6.45, 7) is 1.07. The number of nitrogens with one attached hydrogen (secondary N) is 1. The number of hydrogen-bond donors (Lipinski definition) is 2. The van der Waals surface area contributed by atoms with E-state index in [1.54, 1.807) is 25.3 Å². The van der Waals surface area contributed by atoms with Crippen LogP contribution in [-0.4, -0.2) is 49.5 Å². The number of ether oxygens (including phenoxy) is 3. The highest BCUT2D eigenvalue weighted by molar-refractivity contribution is 5.96. The van der Waals surface area contributed by atoms with Crippen molar-refractivity contribution in [2.24, 2.45) is 0 Å². The predicted octanol–water partition coefficient (Wildman–Crippen LogP) is 1.67. The quantitative estimate of drug-likeness (QED) is 0.707. The highest BCUT2D eigenvalue weighted by atomic mass is 16.5. The number of para-hydroxylation sites is 2. The van der Waals surface area contributed by atoms with Crippen molar-refractivity contribution in [3.05, 3.63) is 24.3 Å². The molecule has 1 aliphatic heterocycles. The number of carbonyl (C=O) groups is 2. The van der Waals surface area contributed by atoms with Gasteiger partial charge in [-0.05, 0) is 25.0 Å². The van der Waals surface area contributed by atoms with Crippen LogP contribution < -0.4 is 10.1 Å². The highest BCUT2D eigenvalue weighted by Gasteiger charge is 2.34. The second-order valence-corrected chi connectivity index (χ2v) is 5.21. The molecule has 0 radical (unpaired) electrons. The predicted molar refractivity (Wildman–Crippen MR) is 82.6 cm³/mol. The third-order valence-corrected chi connectivity index (χ3v) is 3.48. The van der Waals surface area contributed by atoms with E-state index in [1.807, 2.05) is 6.07 Å². The van der Waals surface area contributed by atoms with Gasteiger partial charge in [-0.15, -0.1) is 0 Å². The molecule has 1 aliphatic rings. The topological polar surface area (TPSA) is 94.1 Å². The van der Waals surface area contributed by atoms with Gasteiger partial charge in [-0.25, -0.2) is 4.79 Å². The van der Waals surface area contributed by atoms with E-state index in [2.05, 4.69) is 5.32 Å². The summed E-state index contributed by atoms with van der Waals surface area (Å²) in [6.07, 6.45) is -0.198. The van der Waals surface area contributed by atoms with Crippen molar-refractivity contribution in [3.63, 3.8) is 0 Å². The number of carboxylic acid groups (broad SMARTS) is 1. The maximum absolute atomic E-state index is 12.2. The fraction of sp³-hybridized carbons (Fsp3) is 0.500. The van der Waals surface area contributed by atoms with E-state index in [0.717, 1.165) is 6.42 Å². The normalized spacial score (nSPS) is 20.2. The van der Waals surface area contributed by atoms with Gasteiger partial charge in [0.15, 0.2) is 6.10 Å². The minimum absolute atomic E-state index is 0.336. The van der Waals surface area contributed by atoms with Gasteiger partial charge in [0.2, 0.25) is 0 Å². The average molecular weight is 323 g/mol. The van der Waals surface area contributed by atoms with E-state index in [4.69, 9.17) is 19.3 Å². The highest BCUT2D eigenvalue weighted by Crippen LogP contribution is 2.26. The molecule has 2 atom stereocenters. The maximum Gasteiger partial charge on any atom is 0.332 e. The van der Waals surface area contributed by atoms with Crippen LogP contribution in [0.5, 0.6) is 5.75 Å². The number of amides is 1. The molecule has 0 aliphatic carbocycles. The molecular formula is C16H21NO6. The molecule has 23 heavy (non-hydrogen) atoms. The van der Waals surface area contributed by atoms with Crippen LogP contribution in [0.3, 0.4) is 0 Å². The van der Waals surface area contributed by atoms with Crippen LogP contribution in [-0.2, 0) is 19.1 Å². The molecule has 2 rings (SSSR count). The molecule has 1 aromatic carbocycles. The van der Waals surface area contributed by atoms with E-state index in [-0.39, 0.29) is 5.91 Å². The number of hydrogen-bond acceptors (Lipinski definition) is 5. The summed E-state index contributed by atoms with van der Waals surface area (Å²) in [5.74, 6) is -0.839. The molecule has 126 valence electrons. The standard InChI is InChI=1S/C16H21NO6/c1-21-9-4-10-22-12-6-3-2-5-11(12)17-15(18)13-7-8-14(23-13)16(19)20/h2-3,5-6,13-14H,4,7-10H2,1H3,(H,17,18)(H,19,20)/t13-,14+/m0/s1. The van der Waals surface area contributed by atoms with Gasteiger partial charge < -0.3 is 24.6 Å². The SMILES string of the molecule is COCCCOc1ccccc1NC(=O)[C@@H]1CC[C@H](C(=O)O)O1.